The van der Waals surface area contributed by atoms with Crippen molar-refractivity contribution < 1.29 is 4.42 Å². The van der Waals surface area contributed by atoms with Crippen molar-refractivity contribution in [2.75, 3.05) is 0 Å². The number of hydrogen-bond donors (Lipinski definition) is 0. The minimum atomic E-state index is 0.413. The molecule has 0 atom stereocenters. The van der Waals surface area contributed by atoms with E-state index in [-0.39, 0.29) is 0 Å². The Morgan fingerprint density at radius 1 is 0.448 bits per heavy atom. The van der Waals surface area contributed by atoms with Crippen molar-refractivity contribution in [1.82, 2.24) is 0 Å². The van der Waals surface area contributed by atoms with Gasteiger partial charge in [-0.3, -0.25) is 4.99 Å². The van der Waals surface area contributed by atoms with Crippen LogP contribution in [0.5, 0.6) is 0 Å². The first-order valence-corrected chi connectivity index (χ1v) is 19.5. The van der Waals surface area contributed by atoms with Gasteiger partial charge < -0.3 is 4.42 Å². The highest BCUT2D eigenvalue weighted by Crippen LogP contribution is 2.39. The summed E-state index contributed by atoms with van der Waals surface area (Å²) in [6.45, 7) is 4.39. The minimum Gasteiger partial charge on any atom is -0.456 e. The minimum absolute atomic E-state index is 0.413. The first-order valence-electron chi connectivity index (χ1n) is 19.5. The molecule has 1 heterocycles. The molecule has 0 aliphatic rings. The van der Waals surface area contributed by atoms with E-state index >= 15 is 0 Å². The number of furan rings is 1. The summed E-state index contributed by atoms with van der Waals surface area (Å²) < 4.78 is 6.57. The molecule has 10 aromatic rings. The fraction of sp³-hybridized carbons (Fsp3) is 0.0185. The highest BCUT2D eigenvalue weighted by Gasteiger charge is 2.19. The highest BCUT2D eigenvalue weighted by molar-refractivity contribution is 6.24. The van der Waals surface area contributed by atoms with Crippen LogP contribution in [-0.2, 0) is 6.54 Å². The highest BCUT2D eigenvalue weighted by atomic mass is 16.3. The number of fused-ring (bicyclic) bond motifs is 5. The number of rotatable bonds is 7. The van der Waals surface area contributed by atoms with Gasteiger partial charge in [0.25, 0.3) is 0 Å². The van der Waals surface area contributed by atoms with E-state index in [4.69, 9.17) is 14.4 Å². The number of nitrogens with zero attached hydrogens (tertiary/aromatic N) is 3. The molecule has 58 heavy (non-hydrogen) atoms. The molecule has 0 N–H and O–H groups in total. The topological polar surface area (TPSA) is 50.2 Å². The van der Waals surface area contributed by atoms with Crippen molar-refractivity contribution >= 4 is 61.9 Å². The Hall–Kier alpha value is -7.69. The quantitative estimate of drug-likeness (QED) is 0.118. The fourth-order valence-corrected chi connectivity index (χ4v) is 8.00. The zero-order valence-corrected chi connectivity index (χ0v) is 31.7. The molecular weight excluding hydrogens is 707 g/mol. The van der Waals surface area contributed by atoms with Crippen LogP contribution in [0.4, 0.5) is 0 Å². The largest absolute Gasteiger partial charge is 0.456 e. The average Bonchev–Trinajstić information content (AvgIpc) is 3.69. The Labute approximate surface area is 336 Å². The third kappa shape index (κ3) is 6.57. The van der Waals surface area contributed by atoms with Gasteiger partial charge in [0.2, 0.25) is 0 Å². The third-order valence-corrected chi connectivity index (χ3v) is 10.9. The van der Waals surface area contributed by atoms with Gasteiger partial charge in [0.15, 0.2) is 11.7 Å². The Morgan fingerprint density at radius 3 is 1.86 bits per heavy atom. The third-order valence-electron chi connectivity index (χ3n) is 10.9. The van der Waals surface area contributed by atoms with E-state index < -0.39 is 0 Å². The predicted octanol–water partition coefficient (Wildman–Crippen LogP) is 14.0. The molecule has 1 aromatic heterocycles. The molecule has 4 heteroatoms. The van der Waals surface area contributed by atoms with Crippen molar-refractivity contribution in [3.05, 3.63) is 217 Å². The van der Waals surface area contributed by atoms with E-state index in [1.165, 1.54) is 27.5 Å². The van der Waals surface area contributed by atoms with Crippen LogP contribution in [0.25, 0.3) is 76.9 Å². The van der Waals surface area contributed by atoms with Crippen LogP contribution >= 0.6 is 0 Å². The van der Waals surface area contributed by atoms with Crippen LogP contribution in [-0.4, -0.2) is 18.4 Å². The van der Waals surface area contributed by atoms with Gasteiger partial charge in [-0.2, -0.15) is 0 Å². The molecule has 9 aromatic carbocycles. The standard InChI is InChI=1S/C54H37N3O/c1-55-53(44-33-30-38-14-5-6-16-43(38)34-44)57-54(56-35-36-24-26-41(27-25-36)46-19-9-17-40-15-7-8-18-45(40)46)48-21-11-23-50-52(48)51-47(20-10-22-49(51)58-50)42-31-28-39(29-32-42)37-12-3-2-4-13-37/h2-34H,1,35H2. The molecular formula is C54H37N3O. The van der Waals surface area contributed by atoms with Gasteiger partial charge in [0.1, 0.15) is 11.2 Å². The summed E-state index contributed by atoms with van der Waals surface area (Å²) in [6.07, 6.45) is 0. The molecule has 0 spiro atoms. The summed E-state index contributed by atoms with van der Waals surface area (Å²) in [6, 6.07) is 69.7. The lowest BCUT2D eigenvalue weighted by Gasteiger charge is -2.10. The van der Waals surface area contributed by atoms with Gasteiger partial charge in [-0.05, 0) is 85.4 Å². The Bertz CT molecular complexity index is 3190. The number of benzene rings is 9. The van der Waals surface area contributed by atoms with Gasteiger partial charge in [0, 0.05) is 21.9 Å². The van der Waals surface area contributed by atoms with Crippen LogP contribution in [0.3, 0.4) is 0 Å². The van der Waals surface area contributed by atoms with Crippen molar-refractivity contribution in [3.8, 4) is 33.4 Å². The van der Waals surface area contributed by atoms with Crippen LogP contribution in [0.2, 0.25) is 0 Å². The lowest BCUT2D eigenvalue weighted by atomic mass is 9.95. The molecule has 0 saturated heterocycles. The predicted molar refractivity (Wildman–Crippen MR) is 244 cm³/mol. The summed E-state index contributed by atoms with van der Waals surface area (Å²) in [4.78, 5) is 15.0. The van der Waals surface area contributed by atoms with Crippen LogP contribution in [0.1, 0.15) is 16.7 Å². The summed E-state index contributed by atoms with van der Waals surface area (Å²) >= 11 is 0. The van der Waals surface area contributed by atoms with Gasteiger partial charge in [-0.1, -0.05) is 182 Å². The normalized spacial score (nSPS) is 12.1. The van der Waals surface area contributed by atoms with E-state index in [1.807, 2.05) is 42.5 Å². The molecule has 0 aliphatic carbocycles. The Kier molecular flexibility index (Phi) is 9.05. The zero-order valence-electron chi connectivity index (χ0n) is 31.7. The first kappa shape index (κ1) is 34.8. The molecule has 0 unspecified atom stereocenters. The van der Waals surface area contributed by atoms with Crippen molar-refractivity contribution in [3.63, 3.8) is 0 Å². The maximum atomic E-state index is 6.57. The van der Waals surface area contributed by atoms with Crippen LogP contribution in [0.15, 0.2) is 220 Å². The Balaban J connectivity index is 1.11. The molecule has 0 saturated carbocycles. The summed E-state index contributed by atoms with van der Waals surface area (Å²) in [7, 11) is 0. The molecule has 274 valence electrons. The van der Waals surface area contributed by atoms with Crippen molar-refractivity contribution in [2.45, 2.75) is 6.54 Å². The lowest BCUT2D eigenvalue weighted by molar-refractivity contribution is 0.669. The van der Waals surface area contributed by atoms with E-state index in [1.54, 1.807) is 0 Å². The molecule has 0 radical (unpaired) electrons. The zero-order chi connectivity index (χ0) is 38.8. The lowest BCUT2D eigenvalue weighted by Crippen LogP contribution is -2.06. The van der Waals surface area contributed by atoms with Crippen molar-refractivity contribution in [2.24, 2.45) is 15.0 Å². The molecule has 0 aliphatic heterocycles. The molecule has 10 rings (SSSR count). The number of hydrogen-bond acceptors (Lipinski definition) is 2. The van der Waals surface area contributed by atoms with E-state index in [2.05, 4.69) is 169 Å². The van der Waals surface area contributed by atoms with E-state index in [0.29, 0.717) is 18.2 Å². The maximum Gasteiger partial charge on any atom is 0.161 e. The summed E-state index contributed by atoms with van der Waals surface area (Å²) in [5, 5.41) is 6.68. The summed E-state index contributed by atoms with van der Waals surface area (Å²) in [5.74, 6) is 1.05. The summed E-state index contributed by atoms with van der Waals surface area (Å²) in [5.41, 5.74) is 11.3. The van der Waals surface area contributed by atoms with Gasteiger partial charge in [-0.15, -0.1) is 0 Å². The van der Waals surface area contributed by atoms with E-state index in [9.17, 15) is 0 Å². The number of aliphatic imine (C=N–C) groups is 3. The second-order valence-electron chi connectivity index (χ2n) is 14.4. The van der Waals surface area contributed by atoms with Gasteiger partial charge >= 0.3 is 0 Å². The van der Waals surface area contributed by atoms with Crippen LogP contribution in [0, 0.1) is 0 Å². The molecule has 4 nitrogen and oxygen atoms in total. The van der Waals surface area contributed by atoms with Gasteiger partial charge in [0.05, 0.1) is 6.54 Å². The first-order chi connectivity index (χ1) is 28.7. The molecule has 0 fully saturated rings. The van der Waals surface area contributed by atoms with Gasteiger partial charge in [-0.25, -0.2) is 9.98 Å². The van der Waals surface area contributed by atoms with Crippen LogP contribution < -0.4 is 0 Å². The van der Waals surface area contributed by atoms with E-state index in [0.717, 1.165) is 66.1 Å². The average molecular weight is 744 g/mol. The fourth-order valence-electron chi connectivity index (χ4n) is 8.00. The maximum absolute atomic E-state index is 6.57. The second kappa shape index (κ2) is 15.1. The smallest absolute Gasteiger partial charge is 0.161 e. The number of amidine groups is 2. The monoisotopic (exact) mass is 743 g/mol. The molecule has 0 amide bonds. The molecule has 0 bridgehead atoms. The van der Waals surface area contributed by atoms with Crippen molar-refractivity contribution in [1.29, 1.82) is 0 Å². The Morgan fingerprint density at radius 2 is 1.05 bits per heavy atom. The SMILES string of the molecule is C=NC(=NC(=NCc1ccc(-c2cccc3ccccc23)cc1)c1cccc2oc3cccc(-c4ccc(-c5ccccc5)cc4)c3c12)c1ccc2ccccc2c1. The second-order valence-corrected chi connectivity index (χ2v) is 14.4.